The van der Waals surface area contributed by atoms with Gasteiger partial charge in [-0.25, -0.2) is 4.79 Å². The lowest BCUT2D eigenvalue weighted by Crippen LogP contribution is -2.30. The highest BCUT2D eigenvalue weighted by molar-refractivity contribution is 5.77. The molecule has 1 unspecified atom stereocenters. The van der Waals surface area contributed by atoms with Gasteiger partial charge in [0.15, 0.2) is 0 Å². The molecule has 4 nitrogen and oxygen atoms in total. The molecule has 4 heteroatoms. The zero-order valence-corrected chi connectivity index (χ0v) is 11.2. The molecular weight excluding hydrogens is 230 g/mol. The Morgan fingerprint density at radius 2 is 1.94 bits per heavy atom. The zero-order valence-electron chi connectivity index (χ0n) is 11.2. The second-order valence-corrected chi connectivity index (χ2v) is 3.92. The summed E-state index contributed by atoms with van der Waals surface area (Å²) in [5.74, 6) is -0.237. The van der Waals surface area contributed by atoms with Crippen molar-refractivity contribution in [2.45, 2.75) is 26.5 Å². The Morgan fingerprint density at radius 3 is 2.44 bits per heavy atom. The Hall–Kier alpha value is -1.39. The highest BCUT2D eigenvalue weighted by Crippen LogP contribution is 2.16. The normalized spacial score (nSPS) is 12.2. The van der Waals surface area contributed by atoms with Gasteiger partial charge in [0.1, 0.15) is 6.04 Å². The summed E-state index contributed by atoms with van der Waals surface area (Å²) in [5.41, 5.74) is 2.00. The molecule has 0 bridgehead atoms. The van der Waals surface area contributed by atoms with Crippen molar-refractivity contribution in [1.82, 2.24) is 5.32 Å². The molecule has 0 aromatic heterocycles. The van der Waals surface area contributed by atoms with E-state index in [4.69, 9.17) is 9.47 Å². The summed E-state index contributed by atoms with van der Waals surface area (Å²) in [4.78, 5) is 11.8. The third kappa shape index (κ3) is 4.13. The molecule has 1 aromatic rings. The average molecular weight is 251 g/mol. The van der Waals surface area contributed by atoms with Gasteiger partial charge in [0, 0.05) is 7.11 Å². The number of ether oxygens (including phenoxy) is 2. The van der Waals surface area contributed by atoms with Crippen LogP contribution >= 0.6 is 0 Å². The van der Waals surface area contributed by atoms with E-state index in [0.29, 0.717) is 19.8 Å². The van der Waals surface area contributed by atoms with Gasteiger partial charge in [-0.1, -0.05) is 31.2 Å². The second-order valence-electron chi connectivity index (χ2n) is 3.92. The summed E-state index contributed by atoms with van der Waals surface area (Å²) >= 11 is 0. The fourth-order valence-corrected chi connectivity index (χ4v) is 1.74. The summed E-state index contributed by atoms with van der Waals surface area (Å²) in [6, 6.07) is 7.38. The Morgan fingerprint density at radius 1 is 1.28 bits per heavy atom. The summed E-state index contributed by atoms with van der Waals surface area (Å²) < 4.78 is 10.1. The summed E-state index contributed by atoms with van der Waals surface area (Å²) in [7, 11) is 1.66. The zero-order chi connectivity index (χ0) is 13.4. The first-order valence-corrected chi connectivity index (χ1v) is 6.20. The number of hydrogen-bond donors (Lipinski definition) is 1. The molecule has 0 aliphatic carbocycles. The monoisotopic (exact) mass is 251 g/mol. The quantitative estimate of drug-likeness (QED) is 0.753. The number of carbonyl (C=O) groups excluding carboxylic acids is 1. The number of methoxy groups -OCH3 is 1. The van der Waals surface area contributed by atoms with Crippen LogP contribution in [-0.4, -0.2) is 26.2 Å². The predicted molar refractivity (Wildman–Crippen MR) is 70.2 cm³/mol. The van der Waals surface area contributed by atoms with E-state index in [1.165, 1.54) is 0 Å². The SMILES string of the molecule is CCNC(C(=O)OCC)c1ccc(COC)cc1. The van der Waals surface area contributed by atoms with Gasteiger partial charge in [-0.15, -0.1) is 0 Å². The van der Waals surface area contributed by atoms with Crippen molar-refractivity contribution in [2.75, 3.05) is 20.3 Å². The van der Waals surface area contributed by atoms with Crippen molar-refractivity contribution in [1.29, 1.82) is 0 Å². The third-order valence-corrected chi connectivity index (χ3v) is 2.55. The number of nitrogens with one attached hydrogen (secondary N) is 1. The molecule has 1 N–H and O–H groups in total. The van der Waals surface area contributed by atoms with Crippen molar-refractivity contribution >= 4 is 5.97 Å². The molecule has 100 valence electrons. The molecule has 0 aliphatic rings. The van der Waals surface area contributed by atoms with Crippen molar-refractivity contribution in [3.8, 4) is 0 Å². The van der Waals surface area contributed by atoms with Gasteiger partial charge in [0.2, 0.25) is 0 Å². The minimum absolute atomic E-state index is 0.237. The maximum Gasteiger partial charge on any atom is 0.327 e. The van der Waals surface area contributed by atoms with Gasteiger partial charge in [0.25, 0.3) is 0 Å². The Labute approximate surface area is 108 Å². The van der Waals surface area contributed by atoms with Crippen LogP contribution in [0.2, 0.25) is 0 Å². The molecular formula is C14H21NO3. The van der Waals surface area contributed by atoms with E-state index in [0.717, 1.165) is 11.1 Å². The lowest BCUT2D eigenvalue weighted by molar-refractivity contribution is -0.145. The van der Waals surface area contributed by atoms with Crippen molar-refractivity contribution in [3.05, 3.63) is 35.4 Å². The van der Waals surface area contributed by atoms with Crippen LogP contribution < -0.4 is 5.32 Å². The van der Waals surface area contributed by atoms with Crippen LogP contribution in [0.4, 0.5) is 0 Å². The molecule has 1 atom stereocenters. The molecule has 0 aliphatic heterocycles. The Balaban J connectivity index is 2.81. The first kappa shape index (κ1) is 14.7. The molecule has 0 heterocycles. The molecule has 0 fully saturated rings. The van der Waals surface area contributed by atoms with Crippen LogP contribution in [0.25, 0.3) is 0 Å². The minimum atomic E-state index is -0.397. The van der Waals surface area contributed by atoms with Crippen molar-refractivity contribution < 1.29 is 14.3 Å². The molecule has 1 aromatic carbocycles. The maximum absolute atomic E-state index is 11.8. The van der Waals surface area contributed by atoms with Crippen molar-refractivity contribution in [3.63, 3.8) is 0 Å². The Bertz CT molecular complexity index is 362. The van der Waals surface area contributed by atoms with E-state index in [9.17, 15) is 4.79 Å². The number of rotatable bonds is 7. The average Bonchev–Trinajstić information content (AvgIpc) is 2.38. The Kier molecular flexibility index (Phi) is 6.39. The molecule has 0 saturated heterocycles. The molecule has 0 amide bonds. The third-order valence-electron chi connectivity index (χ3n) is 2.55. The van der Waals surface area contributed by atoms with Crippen LogP contribution in [0.5, 0.6) is 0 Å². The van der Waals surface area contributed by atoms with Gasteiger partial charge >= 0.3 is 5.97 Å². The van der Waals surface area contributed by atoms with Crippen LogP contribution in [0, 0.1) is 0 Å². The molecule has 18 heavy (non-hydrogen) atoms. The number of benzene rings is 1. The molecule has 0 saturated carbocycles. The summed E-state index contributed by atoms with van der Waals surface area (Å²) in [6.07, 6.45) is 0. The van der Waals surface area contributed by atoms with Crippen LogP contribution in [-0.2, 0) is 20.9 Å². The lowest BCUT2D eigenvalue weighted by Gasteiger charge is -2.17. The highest BCUT2D eigenvalue weighted by atomic mass is 16.5. The van der Waals surface area contributed by atoms with E-state index in [1.807, 2.05) is 38.1 Å². The number of esters is 1. The van der Waals surface area contributed by atoms with Crippen LogP contribution in [0.3, 0.4) is 0 Å². The largest absolute Gasteiger partial charge is 0.465 e. The molecule has 0 spiro atoms. The van der Waals surface area contributed by atoms with Gasteiger partial charge in [-0.05, 0) is 24.6 Å². The minimum Gasteiger partial charge on any atom is -0.465 e. The number of hydrogen-bond acceptors (Lipinski definition) is 4. The second kappa shape index (κ2) is 7.84. The number of carbonyl (C=O) groups is 1. The van der Waals surface area contributed by atoms with Crippen LogP contribution in [0.1, 0.15) is 31.0 Å². The highest BCUT2D eigenvalue weighted by Gasteiger charge is 2.20. The van der Waals surface area contributed by atoms with E-state index in [-0.39, 0.29) is 5.97 Å². The predicted octanol–water partition coefficient (Wildman–Crippen LogP) is 2.05. The van der Waals surface area contributed by atoms with Gasteiger partial charge < -0.3 is 14.8 Å². The van der Waals surface area contributed by atoms with Crippen molar-refractivity contribution in [2.24, 2.45) is 0 Å². The maximum atomic E-state index is 11.8. The van der Waals surface area contributed by atoms with E-state index in [2.05, 4.69) is 5.32 Å². The fourth-order valence-electron chi connectivity index (χ4n) is 1.74. The molecule has 0 radical (unpaired) electrons. The smallest absolute Gasteiger partial charge is 0.327 e. The molecule has 1 rings (SSSR count). The van der Waals surface area contributed by atoms with E-state index >= 15 is 0 Å². The summed E-state index contributed by atoms with van der Waals surface area (Å²) in [6.45, 7) is 5.45. The van der Waals surface area contributed by atoms with Gasteiger partial charge in [-0.3, -0.25) is 0 Å². The fraction of sp³-hybridized carbons (Fsp3) is 0.500. The first-order chi connectivity index (χ1) is 8.72. The lowest BCUT2D eigenvalue weighted by atomic mass is 10.0. The van der Waals surface area contributed by atoms with E-state index < -0.39 is 6.04 Å². The standard InChI is InChI=1S/C14H21NO3/c1-4-15-13(14(16)18-5-2)12-8-6-11(7-9-12)10-17-3/h6-9,13,15H,4-5,10H2,1-3H3. The van der Waals surface area contributed by atoms with Gasteiger partial charge in [0.05, 0.1) is 13.2 Å². The summed E-state index contributed by atoms with van der Waals surface area (Å²) in [5, 5.41) is 3.13. The topological polar surface area (TPSA) is 47.6 Å². The van der Waals surface area contributed by atoms with Gasteiger partial charge in [-0.2, -0.15) is 0 Å². The van der Waals surface area contributed by atoms with E-state index in [1.54, 1.807) is 7.11 Å². The number of likely N-dealkylation sites (N-methyl/N-ethyl adjacent to an activating group) is 1. The van der Waals surface area contributed by atoms with Crippen LogP contribution in [0.15, 0.2) is 24.3 Å². The first-order valence-electron chi connectivity index (χ1n) is 6.20.